The van der Waals surface area contributed by atoms with Crippen LogP contribution in [0.2, 0.25) is 0 Å². The number of nitrogens with zero attached hydrogens (tertiary/aromatic N) is 2. The highest BCUT2D eigenvalue weighted by molar-refractivity contribution is 5.86. The topological polar surface area (TPSA) is 74.5 Å². The molecule has 0 amide bonds. The fourth-order valence-electron chi connectivity index (χ4n) is 2.47. The second-order valence-electron chi connectivity index (χ2n) is 5.92. The van der Waals surface area contributed by atoms with Gasteiger partial charge in [-0.15, -0.1) is 0 Å². The van der Waals surface area contributed by atoms with Crippen LogP contribution in [0.1, 0.15) is 34.4 Å². The summed E-state index contributed by atoms with van der Waals surface area (Å²) in [6, 6.07) is 3.93. The van der Waals surface area contributed by atoms with Crippen molar-refractivity contribution in [2.24, 2.45) is 0 Å². The fourth-order valence-corrected chi connectivity index (χ4v) is 2.47. The first-order chi connectivity index (χ1) is 14.0. The molecule has 0 aliphatic heterocycles. The molecule has 2 heterocycles. The van der Waals surface area contributed by atoms with Gasteiger partial charge in [0.1, 0.15) is 23.7 Å². The van der Waals surface area contributed by atoms with Crippen LogP contribution in [-0.2, 0) is 23.7 Å². The highest BCUT2D eigenvalue weighted by atomic mass is 19.4. The third-order valence-electron chi connectivity index (χ3n) is 3.80. The van der Waals surface area contributed by atoms with Crippen LogP contribution in [-0.4, -0.2) is 22.7 Å². The predicted molar refractivity (Wildman–Crippen MR) is 88.5 cm³/mol. The average molecular weight is 434 g/mol. The molecule has 0 saturated heterocycles. The number of alkyl halides is 6. The monoisotopic (exact) mass is 434 g/mol. The lowest BCUT2D eigenvalue weighted by atomic mass is 10.1. The summed E-state index contributed by atoms with van der Waals surface area (Å²) < 4.78 is 92.9. The molecule has 0 radical (unpaired) electrons. The van der Waals surface area contributed by atoms with Gasteiger partial charge in [-0.1, -0.05) is 5.16 Å². The second-order valence-corrected chi connectivity index (χ2v) is 5.92. The third kappa shape index (κ3) is 4.63. The first-order valence-electron chi connectivity index (χ1n) is 8.33. The van der Waals surface area contributed by atoms with Crippen molar-refractivity contribution >= 4 is 16.9 Å². The molecule has 0 atom stereocenters. The lowest BCUT2D eigenvalue weighted by Gasteiger charge is -2.14. The molecule has 0 saturated carbocycles. The molecule has 0 aliphatic rings. The number of hydrogen-bond donors (Lipinski definition) is 0. The van der Waals surface area contributed by atoms with E-state index in [1.54, 1.807) is 6.92 Å². The van der Waals surface area contributed by atoms with E-state index in [0.717, 1.165) is 6.07 Å². The third-order valence-corrected chi connectivity index (χ3v) is 3.80. The Labute approximate surface area is 164 Å². The number of esters is 1. The number of halogens is 6. The average Bonchev–Trinajstić information content (AvgIpc) is 3.13. The van der Waals surface area contributed by atoms with Gasteiger partial charge in [0, 0.05) is 17.5 Å². The van der Waals surface area contributed by atoms with Crippen LogP contribution >= 0.6 is 0 Å². The standard InChI is InChI=1S/C18H12F6N2O4/c1-2-28-16(27)14-6-10(26-30-14)8-29-13-7-15(18(22,23)24)25-12-5-9(17(19,20)21)3-4-11(12)13/h3-7H,2,8H2,1H3. The summed E-state index contributed by atoms with van der Waals surface area (Å²) in [6.45, 7) is 1.25. The van der Waals surface area contributed by atoms with Gasteiger partial charge in [0.2, 0.25) is 5.76 Å². The second kappa shape index (κ2) is 7.84. The van der Waals surface area contributed by atoms with Gasteiger partial charge in [-0.05, 0) is 25.1 Å². The Balaban J connectivity index is 1.95. The Morgan fingerprint density at radius 2 is 1.80 bits per heavy atom. The van der Waals surface area contributed by atoms with E-state index >= 15 is 0 Å². The van der Waals surface area contributed by atoms with Gasteiger partial charge in [0.15, 0.2) is 0 Å². The Bertz CT molecular complexity index is 1070. The first kappa shape index (κ1) is 21.4. The largest absolute Gasteiger partial charge is 0.486 e. The van der Waals surface area contributed by atoms with Crippen molar-refractivity contribution in [2.75, 3.05) is 6.61 Å². The van der Waals surface area contributed by atoms with E-state index in [2.05, 4.69) is 10.1 Å². The SMILES string of the molecule is CCOC(=O)c1cc(COc2cc(C(F)(F)F)nc3cc(C(F)(F)F)ccc23)no1. The summed E-state index contributed by atoms with van der Waals surface area (Å²) in [5, 5.41) is 3.48. The van der Waals surface area contributed by atoms with Gasteiger partial charge in [-0.2, -0.15) is 26.3 Å². The molecule has 2 aromatic heterocycles. The molecule has 0 bridgehead atoms. The molecule has 1 aromatic carbocycles. The number of benzene rings is 1. The molecular formula is C18H12F6N2O4. The molecule has 6 nitrogen and oxygen atoms in total. The van der Waals surface area contributed by atoms with Crippen LogP contribution in [0.15, 0.2) is 34.9 Å². The minimum atomic E-state index is -4.91. The molecule has 3 aromatic rings. The normalized spacial score (nSPS) is 12.2. The summed E-state index contributed by atoms with van der Waals surface area (Å²) in [7, 11) is 0. The van der Waals surface area contributed by atoms with E-state index < -0.39 is 41.7 Å². The van der Waals surface area contributed by atoms with Crippen molar-refractivity contribution in [3.8, 4) is 5.75 Å². The maximum Gasteiger partial charge on any atom is 0.433 e. The van der Waals surface area contributed by atoms with Crippen LogP contribution < -0.4 is 4.74 Å². The minimum absolute atomic E-state index is 0.0588. The van der Waals surface area contributed by atoms with Crippen LogP contribution in [0, 0.1) is 0 Å². The quantitative estimate of drug-likeness (QED) is 0.415. The van der Waals surface area contributed by atoms with Crippen molar-refractivity contribution in [2.45, 2.75) is 25.9 Å². The first-order valence-corrected chi connectivity index (χ1v) is 8.33. The van der Waals surface area contributed by atoms with Crippen molar-refractivity contribution in [3.05, 3.63) is 53.0 Å². The van der Waals surface area contributed by atoms with Crippen LogP contribution in [0.4, 0.5) is 26.3 Å². The van der Waals surface area contributed by atoms with Crippen LogP contribution in [0.5, 0.6) is 5.75 Å². The summed E-state index contributed by atoms with van der Waals surface area (Å²) in [5.41, 5.74) is -3.05. The summed E-state index contributed by atoms with van der Waals surface area (Å²) in [5.74, 6) is -1.38. The maximum absolute atomic E-state index is 13.1. The van der Waals surface area contributed by atoms with Crippen molar-refractivity contribution < 1.29 is 45.1 Å². The molecule has 12 heteroatoms. The zero-order valence-electron chi connectivity index (χ0n) is 15.1. The molecule has 0 unspecified atom stereocenters. The molecule has 0 aliphatic carbocycles. The lowest BCUT2D eigenvalue weighted by Crippen LogP contribution is -2.10. The van der Waals surface area contributed by atoms with Gasteiger partial charge in [-0.25, -0.2) is 9.78 Å². The van der Waals surface area contributed by atoms with Gasteiger partial charge in [0.25, 0.3) is 0 Å². The molecule has 0 fully saturated rings. The Morgan fingerprint density at radius 1 is 1.07 bits per heavy atom. The fraction of sp³-hybridized carbons (Fsp3) is 0.278. The Morgan fingerprint density at radius 3 is 2.43 bits per heavy atom. The van der Waals surface area contributed by atoms with Gasteiger partial charge in [-0.3, -0.25) is 0 Å². The number of aromatic nitrogens is 2. The van der Waals surface area contributed by atoms with Crippen molar-refractivity contribution in [3.63, 3.8) is 0 Å². The van der Waals surface area contributed by atoms with E-state index in [4.69, 9.17) is 14.0 Å². The van der Waals surface area contributed by atoms with Gasteiger partial charge in [0.05, 0.1) is 17.7 Å². The molecule has 0 spiro atoms. The lowest BCUT2D eigenvalue weighted by molar-refractivity contribution is -0.141. The number of fused-ring (bicyclic) bond motifs is 1. The maximum atomic E-state index is 13.1. The number of rotatable bonds is 5. The number of hydrogen-bond acceptors (Lipinski definition) is 6. The van der Waals surface area contributed by atoms with E-state index in [-0.39, 0.29) is 29.2 Å². The van der Waals surface area contributed by atoms with Crippen molar-refractivity contribution in [1.82, 2.24) is 10.1 Å². The van der Waals surface area contributed by atoms with E-state index in [0.29, 0.717) is 18.2 Å². The van der Waals surface area contributed by atoms with Crippen LogP contribution in [0.25, 0.3) is 10.9 Å². The van der Waals surface area contributed by atoms with Crippen LogP contribution in [0.3, 0.4) is 0 Å². The Kier molecular flexibility index (Phi) is 5.59. The zero-order chi connectivity index (χ0) is 22.1. The number of ether oxygens (including phenoxy) is 2. The molecule has 0 N–H and O–H groups in total. The molecule has 3 rings (SSSR count). The minimum Gasteiger partial charge on any atom is -0.486 e. The van der Waals surface area contributed by atoms with E-state index in [1.807, 2.05) is 0 Å². The zero-order valence-corrected chi connectivity index (χ0v) is 15.1. The summed E-state index contributed by atoms with van der Waals surface area (Å²) >= 11 is 0. The number of pyridine rings is 1. The smallest absolute Gasteiger partial charge is 0.433 e. The highest BCUT2D eigenvalue weighted by Crippen LogP contribution is 2.37. The summed E-state index contributed by atoms with van der Waals surface area (Å²) in [6.07, 6.45) is -9.67. The van der Waals surface area contributed by atoms with E-state index in [1.165, 1.54) is 6.07 Å². The van der Waals surface area contributed by atoms with E-state index in [9.17, 15) is 31.1 Å². The van der Waals surface area contributed by atoms with Gasteiger partial charge >= 0.3 is 18.3 Å². The predicted octanol–water partition coefficient (Wildman–Crippen LogP) is 5.02. The number of carbonyl (C=O) groups is 1. The highest BCUT2D eigenvalue weighted by Gasteiger charge is 2.35. The number of carbonyl (C=O) groups excluding carboxylic acids is 1. The summed E-state index contributed by atoms with van der Waals surface area (Å²) in [4.78, 5) is 14.8. The Hall–Kier alpha value is -3.31. The molecular weight excluding hydrogens is 422 g/mol. The molecule has 160 valence electrons. The van der Waals surface area contributed by atoms with Gasteiger partial charge < -0.3 is 14.0 Å². The molecule has 30 heavy (non-hydrogen) atoms. The van der Waals surface area contributed by atoms with Crippen molar-refractivity contribution in [1.29, 1.82) is 0 Å².